The number of aryl methyl sites for hydroxylation is 2. The minimum atomic E-state index is 0.0309. The molecule has 1 amide bonds. The zero-order chi connectivity index (χ0) is 24.7. The molecule has 2 N–H and O–H groups in total. The summed E-state index contributed by atoms with van der Waals surface area (Å²) in [4.78, 5) is 20.6. The highest BCUT2D eigenvalue weighted by Crippen LogP contribution is 2.40. The van der Waals surface area contributed by atoms with Crippen molar-refractivity contribution in [2.75, 3.05) is 13.7 Å². The van der Waals surface area contributed by atoms with Crippen molar-refractivity contribution in [3.8, 4) is 17.3 Å². The number of aromatic nitrogens is 3. The average Bonchev–Trinajstić information content (AvgIpc) is 3.29. The summed E-state index contributed by atoms with van der Waals surface area (Å²) in [6, 6.07) is 12.9. The Hall–Kier alpha value is -3.32. The second kappa shape index (κ2) is 7.84. The van der Waals surface area contributed by atoms with Gasteiger partial charge in [-0.05, 0) is 74.3 Å². The third-order valence-electron chi connectivity index (χ3n) is 8.74. The highest BCUT2D eigenvalue weighted by Gasteiger charge is 2.47. The molecule has 3 atom stereocenters. The van der Waals surface area contributed by atoms with Crippen LogP contribution >= 0.6 is 0 Å². The number of nitrogens with zero attached hydrogens (tertiary/aromatic N) is 4. The Morgan fingerprint density at radius 3 is 2.67 bits per heavy atom. The summed E-state index contributed by atoms with van der Waals surface area (Å²) in [6.07, 6.45) is 4.69. The number of methoxy groups -OCH3 is 1. The summed E-state index contributed by atoms with van der Waals surface area (Å²) in [5, 5.41) is 1.23. The molecule has 7 rings (SSSR count). The van der Waals surface area contributed by atoms with Crippen LogP contribution in [0, 0.1) is 18.8 Å². The van der Waals surface area contributed by atoms with Gasteiger partial charge in [0.1, 0.15) is 11.3 Å². The zero-order valence-corrected chi connectivity index (χ0v) is 21.2. The van der Waals surface area contributed by atoms with Gasteiger partial charge in [0.15, 0.2) is 5.82 Å². The number of ether oxygens (including phenoxy) is 1. The van der Waals surface area contributed by atoms with Crippen molar-refractivity contribution in [2.24, 2.45) is 24.6 Å². The van der Waals surface area contributed by atoms with Gasteiger partial charge in [-0.3, -0.25) is 4.79 Å². The third-order valence-corrected chi connectivity index (χ3v) is 8.74. The van der Waals surface area contributed by atoms with Crippen LogP contribution in [0.2, 0.25) is 0 Å². The fourth-order valence-corrected chi connectivity index (χ4v) is 6.57. The molecule has 0 spiro atoms. The molecule has 186 valence electrons. The lowest BCUT2D eigenvalue weighted by Crippen LogP contribution is -2.41. The van der Waals surface area contributed by atoms with Crippen LogP contribution in [0.4, 0.5) is 0 Å². The molecular weight excluding hydrogens is 450 g/mol. The molecule has 3 heterocycles. The number of carbonyl (C=O) groups is 1. The molecule has 36 heavy (non-hydrogen) atoms. The topological polar surface area (TPSA) is 78.3 Å². The first-order valence-electron chi connectivity index (χ1n) is 13.1. The van der Waals surface area contributed by atoms with Crippen LogP contribution in [-0.2, 0) is 13.6 Å². The summed E-state index contributed by atoms with van der Waals surface area (Å²) in [5.41, 5.74) is 12.3. The fraction of sp³-hybridized carbons (Fsp3) is 0.448. The van der Waals surface area contributed by atoms with Crippen molar-refractivity contribution in [3.05, 3.63) is 47.5 Å². The van der Waals surface area contributed by atoms with Crippen LogP contribution in [0.3, 0.4) is 0 Å². The SMILES string of the molecule is COc1cc(C(=O)N2C[C@H]3CCC2[C@H]3N)cc2nc(-c3cc4ccc(C)cc4n3CC3CC3)n(C)c12. The van der Waals surface area contributed by atoms with Gasteiger partial charge in [-0.25, -0.2) is 4.98 Å². The highest BCUT2D eigenvalue weighted by atomic mass is 16.5. The molecule has 1 unspecified atom stereocenters. The van der Waals surface area contributed by atoms with E-state index in [1.54, 1.807) is 7.11 Å². The van der Waals surface area contributed by atoms with Crippen molar-refractivity contribution < 1.29 is 9.53 Å². The number of carbonyl (C=O) groups excluding carboxylic acids is 1. The van der Waals surface area contributed by atoms with E-state index in [2.05, 4.69) is 40.3 Å². The minimum Gasteiger partial charge on any atom is -0.494 e. The second-order valence-electron chi connectivity index (χ2n) is 11.1. The van der Waals surface area contributed by atoms with Crippen molar-refractivity contribution in [3.63, 3.8) is 0 Å². The van der Waals surface area contributed by atoms with Crippen molar-refractivity contribution in [2.45, 2.75) is 51.2 Å². The van der Waals surface area contributed by atoms with Crippen LogP contribution in [-0.4, -0.2) is 50.7 Å². The molecule has 1 saturated heterocycles. The van der Waals surface area contributed by atoms with E-state index in [9.17, 15) is 4.79 Å². The lowest BCUT2D eigenvalue weighted by Gasteiger charge is -2.27. The van der Waals surface area contributed by atoms with Gasteiger partial charge in [0.25, 0.3) is 5.91 Å². The summed E-state index contributed by atoms with van der Waals surface area (Å²) in [6.45, 7) is 3.90. The first kappa shape index (κ1) is 21.9. The molecule has 2 aromatic heterocycles. The number of likely N-dealkylation sites (tertiary alicyclic amines) is 1. The number of hydrogen-bond acceptors (Lipinski definition) is 4. The predicted octanol–water partition coefficient (Wildman–Crippen LogP) is 4.48. The molecule has 2 saturated carbocycles. The highest BCUT2D eigenvalue weighted by molar-refractivity contribution is 6.00. The summed E-state index contributed by atoms with van der Waals surface area (Å²) >= 11 is 0. The number of fused-ring (bicyclic) bond motifs is 4. The lowest BCUT2D eigenvalue weighted by atomic mass is 10.1. The lowest BCUT2D eigenvalue weighted by molar-refractivity contribution is 0.0700. The predicted molar refractivity (Wildman–Crippen MR) is 141 cm³/mol. The van der Waals surface area contributed by atoms with E-state index in [1.807, 2.05) is 24.1 Å². The molecule has 2 aromatic carbocycles. The molecule has 7 heteroatoms. The molecule has 0 radical (unpaired) electrons. The normalized spacial score (nSPS) is 23.3. The minimum absolute atomic E-state index is 0.0309. The van der Waals surface area contributed by atoms with E-state index in [1.165, 1.54) is 29.3 Å². The number of imidazole rings is 1. The van der Waals surface area contributed by atoms with Crippen molar-refractivity contribution in [1.29, 1.82) is 0 Å². The van der Waals surface area contributed by atoms with Gasteiger partial charge in [-0.15, -0.1) is 0 Å². The Balaban J connectivity index is 1.35. The van der Waals surface area contributed by atoms with Crippen LogP contribution in [0.1, 0.15) is 41.6 Å². The van der Waals surface area contributed by atoms with Gasteiger partial charge in [-0.2, -0.15) is 0 Å². The molecule has 4 aromatic rings. The molecule has 7 nitrogen and oxygen atoms in total. The first-order chi connectivity index (χ1) is 17.4. The van der Waals surface area contributed by atoms with Crippen LogP contribution in [0.5, 0.6) is 5.75 Å². The Morgan fingerprint density at radius 1 is 1.14 bits per heavy atom. The van der Waals surface area contributed by atoms with Gasteiger partial charge >= 0.3 is 0 Å². The smallest absolute Gasteiger partial charge is 0.254 e. The van der Waals surface area contributed by atoms with Crippen LogP contribution in [0.25, 0.3) is 33.5 Å². The molecule has 3 aliphatic rings. The number of piperidine rings is 1. The Morgan fingerprint density at radius 2 is 1.97 bits per heavy atom. The van der Waals surface area contributed by atoms with E-state index in [0.717, 1.165) is 54.4 Å². The Labute approximate surface area is 210 Å². The first-order valence-corrected chi connectivity index (χ1v) is 13.1. The fourth-order valence-electron chi connectivity index (χ4n) is 6.57. The number of hydrogen-bond donors (Lipinski definition) is 1. The number of rotatable bonds is 5. The number of benzene rings is 2. The average molecular weight is 484 g/mol. The van der Waals surface area contributed by atoms with E-state index in [0.29, 0.717) is 17.2 Å². The van der Waals surface area contributed by atoms with Gasteiger partial charge in [0.2, 0.25) is 0 Å². The van der Waals surface area contributed by atoms with Gasteiger partial charge in [-0.1, -0.05) is 12.1 Å². The Kier molecular flexibility index (Phi) is 4.77. The largest absolute Gasteiger partial charge is 0.494 e. The maximum atomic E-state index is 13.6. The second-order valence-corrected chi connectivity index (χ2v) is 11.1. The van der Waals surface area contributed by atoms with Crippen LogP contribution < -0.4 is 10.5 Å². The summed E-state index contributed by atoms with van der Waals surface area (Å²) in [5.74, 6) is 2.75. The monoisotopic (exact) mass is 483 g/mol. The molecule has 1 aliphatic heterocycles. The van der Waals surface area contributed by atoms with E-state index < -0.39 is 0 Å². The summed E-state index contributed by atoms with van der Waals surface area (Å²) < 4.78 is 10.4. The van der Waals surface area contributed by atoms with E-state index in [4.69, 9.17) is 15.5 Å². The van der Waals surface area contributed by atoms with Crippen molar-refractivity contribution >= 4 is 27.8 Å². The van der Waals surface area contributed by atoms with Gasteiger partial charge < -0.3 is 24.5 Å². The maximum Gasteiger partial charge on any atom is 0.254 e. The molecular formula is C29H33N5O2. The Bertz CT molecular complexity index is 1530. The maximum absolute atomic E-state index is 13.6. The standard InChI is InChI=1S/C29H33N5O2/c1-16-4-7-18-12-24(33(23(18)10-16)14-17-5-6-17)28-31-21-11-20(13-25(36-3)27(21)32(28)2)29(35)34-15-19-8-9-22(34)26(19)30/h4,7,10-13,17,19,22,26H,5-6,8-9,14-15,30H2,1-3H3/t19-,22?,26+/m1/s1. The molecule has 2 aliphatic carbocycles. The van der Waals surface area contributed by atoms with E-state index in [-0.39, 0.29) is 18.0 Å². The van der Waals surface area contributed by atoms with Crippen LogP contribution in [0.15, 0.2) is 36.4 Å². The number of nitrogens with two attached hydrogens (primary N) is 1. The van der Waals surface area contributed by atoms with Gasteiger partial charge in [0, 0.05) is 48.7 Å². The van der Waals surface area contributed by atoms with Gasteiger partial charge in [0.05, 0.1) is 18.3 Å². The third kappa shape index (κ3) is 3.22. The number of amides is 1. The van der Waals surface area contributed by atoms with Crippen molar-refractivity contribution in [1.82, 2.24) is 19.0 Å². The zero-order valence-electron chi connectivity index (χ0n) is 21.2. The summed E-state index contributed by atoms with van der Waals surface area (Å²) in [7, 11) is 3.70. The molecule has 3 fully saturated rings. The quantitative estimate of drug-likeness (QED) is 0.454. The van der Waals surface area contributed by atoms with E-state index >= 15 is 0 Å². The molecule has 2 bridgehead atoms.